The van der Waals surface area contributed by atoms with Gasteiger partial charge in [0.25, 0.3) is 0 Å². The van der Waals surface area contributed by atoms with Gasteiger partial charge in [-0.25, -0.2) is 19.7 Å². The maximum Gasteiger partial charge on any atom is 0.408 e. The number of nitrogens with one attached hydrogen (secondary N) is 2. The lowest BCUT2D eigenvalue weighted by molar-refractivity contribution is 0.0502. The number of hydrogen-bond donors (Lipinski definition) is 2. The van der Waals surface area contributed by atoms with Gasteiger partial charge >= 0.3 is 6.09 Å². The van der Waals surface area contributed by atoms with Gasteiger partial charge in [-0.15, -0.1) is 11.3 Å². The van der Waals surface area contributed by atoms with E-state index in [-0.39, 0.29) is 6.04 Å². The van der Waals surface area contributed by atoms with E-state index in [1.807, 2.05) is 27.7 Å². The van der Waals surface area contributed by atoms with Crippen LogP contribution in [0.25, 0.3) is 0 Å². The van der Waals surface area contributed by atoms with Crippen LogP contribution in [0.15, 0.2) is 40.7 Å². The van der Waals surface area contributed by atoms with Crippen LogP contribution in [0.2, 0.25) is 0 Å². The molecule has 1 amide bonds. The van der Waals surface area contributed by atoms with Crippen LogP contribution >= 0.6 is 27.3 Å². The molecular weight excluding hydrogens is 466 g/mol. The number of carbonyl (C=O) groups excluding carboxylic acids is 1. The maximum atomic E-state index is 12.5. The first-order valence-electron chi connectivity index (χ1n) is 9.76. The quantitative estimate of drug-likeness (QED) is 0.519. The van der Waals surface area contributed by atoms with Gasteiger partial charge in [-0.3, -0.25) is 0 Å². The normalized spacial score (nSPS) is 15.1. The van der Waals surface area contributed by atoms with E-state index in [1.54, 1.807) is 18.5 Å². The van der Waals surface area contributed by atoms with Gasteiger partial charge in [0, 0.05) is 17.3 Å². The number of thiazole rings is 1. The molecule has 1 unspecified atom stereocenters. The third-order valence-corrected chi connectivity index (χ3v) is 6.07. The van der Waals surface area contributed by atoms with Crippen LogP contribution < -0.4 is 10.6 Å². The number of rotatable bonds is 6. The summed E-state index contributed by atoms with van der Waals surface area (Å²) in [5.74, 6) is 0.482. The lowest BCUT2D eigenvalue weighted by Crippen LogP contribution is -2.35. The van der Waals surface area contributed by atoms with Gasteiger partial charge in [-0.2, -0.15) is 0 Å². The van der Waals surface area contributed by atoms with Crippen LogP contribution in [0, 0.1) is 6.92 Å². The van der Waals surface area contributed by atoms with Gasteiger partial charge in [0.05, 0.1) is 11.7 Å². The highest BCUT2D eigenvalue weighted by Crippen LogP contribution is 2.35. The minimum absolute atomic E-state index is 0.325. The number of anilines is 2. The van der Waals surface area contributed by atoms with Crippen LogP contribution in [0.3, 0.4) is 0 Å². The first kappa shape index (κ1) is 22.4. The zero-order valence-corrected chi connectivity index (χ0v) is 19.9. The van der Waals surface area contributed by atoms with Gasteiger partial charge in [-0.1, -0.05) is 28.1 Å². The number of nitrogens with zero attached hydrogens (tertiary/aromatic N) is 3. The molecule has 0 bridgehead atoms. The van der Waals surface area contributed by atoms with Gasteiger partial charge in [0.1, 0.15) is 5.60 Å². The summed E-state index contributed by atoms with van der Waals surface area (Å²) in [5, 5.41) is 6.82. The van der Waals surface area contributed by atoms with Crippen molar-refractivity contribution in [1.82, 2.24) is 20.3 Å². The first-order valence-corrected chi connectivity index (χ1v) is 11.4. The number of amides is 1. The summed E-state index contributed by atoms with van der Waals surface area (Å²) < 4.78 is 6.65. The Morgan fingerprint density at radius 1 is 1.33 bits per heavy atom. The SMILES string of the molecule is Cc1sc(Nc2ncccn2)nc1C(CC1=C(Br)CCC=C1)NC(=O)OC(C)(C)C. The third-order valence-electron chi connectivity index (χ3n) is 4.26. The average molecular weight is 492 g/mol. The summed E-state index contributed by atoms with van der Waals surface area (Å²) in [7, 11) is 0. The van der Waals surface area contributed by atoms with E-state index in [9.17, 15) is 4.79 Å². The Kier molecular flexibility index (Phi) is 7.25. The molecule has 1 aliphatic rings. The second-order valence-corrected chi connectivity index (χ2v) is 10.1. The van der Waals surface area contributed by atoms with E-state index in [1.165, 1.54) is 11.3 Å². The molecule has 0 fully saturated rings. The number of carbonyl (C=O) groups is 1. The fourth-order valence-corrected chi connectivity index (χ4v) is 4.39. The van der Waals surface area contributed by atoms with Crippen molar-refractivity contribution < 1.29 is 9.53 Å². The second kappa shape index (κ2) is 9.70. The Balaban J connectivity index is 1.85. The standard InChI is InChI=1S/C21H26BrN5O2S/c1-13-17(26-19(30-13)27-18-23-10-7-11-24-18)16(25-20(28)29-21(2,3)4)12-14-8-5-6-9-15(14)22/h5,7-8,10-11,16H,6,9,12H2,1-4H3,(H,25,28)(H,23,24,26,27). The van der Waals surface area contributed by atoms with Crippen molar-refractivity contribution in [3.05, 3.63) is 51.2 Å². The van der Waals surface area contributed by atoms with Gasteiger partial charge in [0.2, 0.25) is 5.95 Å². The molecule has 0 radical (unpaired) electrons. The molecule has 1 atom stereocenters. The molecule has 1 aliphatic carbocycles. The Labute approximate surface area is 189 Å². The van der Waals surface area contributed by atoms with E-state index in [0.29, 0.717) is 17.5 Å². The summed E-state index contributed by atoms with van der Waals surface area (Å²) in [6, 6.07) is 1.43. The molecular formula is C21H26BrN5O2S. The summed E-state index contributed by atoms with van der Waals surface area (Å²) in [5.41, 5.74) is 1.37. The number of hydrogen-bond acceptors (Lipinski definition) is 7. The largest absolute Gasteiger partial charge is 0.444 e. The molecule has 3 rings (SSSR count). The summed E-state index contributed by atoms with van der Waals surface area (Å²) in [6.07, 6.45) is 9.72. The van der Waals surface area contributed by atoms with E-state index >= 15 is 0 Å². The van der Waals surface area contributed by atoms with Crippen molar-refractivity contribution in [3.8, 4) is 0 Å². The van der Waals surface area contributed by atoms with Crippen LogP contribution in [0.5, 0.6) is 0 Å². The predicted molar refractivity (Wildman–Crippen MR) is 123 cm³/mol. The van der Waals surface area contributed by atoms with Gasteiger partial charge in [-0.05, 0) is 63.1 Å². The summed E-state index contributed by atoms with van der Waals surface area (Å²) in [4.78, 5) is 26.6. The highest BCUT2D eigenvalue weighted by atomic mass is 79.9. The molecule has 2 heterocycles. The minimum atomic E-state index is -0.576. The van der Waals surface area contributed by atoms with Crippen molar-refractivity contribution in [1.29, 1.82) is 0 Å². The van der Waals surface area contributed by atoms with Crippen molar-refractivity contribution in [2.75, 3.05) is 5.32 Å². The molecule has 7 nitrogen and oxygen atoms in total. The van der Waals surface area contributed by atoms with Crippen molar-refractivity contribution >= 4 is 44.4 Å². The second-order valence-electron chi connectivity index (χ2n) is 7.93. The van der Waals surface area contributed by atoms with Crippen LogP contribution in [0.4, 0.5) is 15.9 Å². The molecule has 0 aliphatic heterocycles. The Bertz CT molecular complexity index is 950. The fourth-order valence-electron chi connectivity index (χ4n) is 3.00. The molecule has 0 saturated heterocycles. The van der Waals surface area contributed by atoms with Crippen LogP contribution in [-0.4, -0.2) is 26.6 Å². The number of aromatic nitrogens is 3. The number of halogens is 1. The number of allylic oxidation sites excluding steroid dienone is 3. The zero-order valence-electron chi connectivity index (χ0n) is 17.5. The van der Waals surface area contributed by atoms with E-state index in [0.717, 1.165) is 33.5 Å². The Morgan fingerprint density at radius 3 is 2.73 bits per heavy atom. The van der Waals surface area contributed by atoms with E-state index in [4.69, 9.17) is 9.72 Å². The maximum absolute atomic E-state index is 12.5. The van der Waals surface area contributed by atoms with E-state index < -0.39 is 11.7 Å². The number of ether oxygens (including phenoxy) is 1. The Hall–Kier alpha value is -2.26. The molecule has 9 heteroatoms. The van der Waals surface area contributed by atoms with Crippen molar-refractivity contribution in [3.63, 3.8) is 0 Å². The summed E-state index contributed by atoms with van der Waals surface area (Å²) >= 11 is 5.18. The molecule has 2 N–H and O–H groups in total. The van der Waals surface area contributed by atoms with Crippen LogP contribution in [-0.2, 0) is 4.74 Å². The van der Waals surface area contributed by atoms with Gasteiger partial charge in [0.15, 0.2) is 5.13 Å². The fraction of sp³-hybridized carbons (Fsp3) is 0.429. The monoisotopic (exact) mass is 491 g/mol. The molecule has 30 heavy (non-hydrogen) atoms. The Morgan fingerprint density at radius 2 is 2.07 bits per heavy atom. The third kappa shape index (κ3) is 6.37. The first-order chi connectivity index (χ1) is 14.2. The lowest BCUT2D eigenvalue weighted by Gasteiger charge is -2.24. The highest BCUT2D eigenvalue weighted by Gasteiger charge is 2.26. The van der Waals surface area contributed by atoms with E-state index in [2.05, 4.69) is 48.7 Å². The van der Waals surface area contributed by atoms with Crippen molar-refractivity contribution in [2.24, 2.45) is 0 Å². The molecule has 2 aromatic heterocycles. The van der Waals surface area contributed by atoms with Crippen molar-refractivity contribution in [2.45, 2.75) is 58.6 Å². The molecule has 0 saturated carbocycles. The molecule has 160 valence electrons. The topological polar surface area (TPSA) is 89.0 Å². The van der Waals surface area contributed by atoms with Crippen LogP contribution in [0.1, 0.15) is 56.6 Å². The smallest absolute Gasteiger partial charge is 0.408 e. The minimum Gasteiger partial charge on any atom is -0.444 e. The number of aryl methyl sites for hydroxylation is 1. The zero-order chi connectivity index (χ0) is 21.7. The highest BCUT2D eigenvalue weighted by molar-refractivity contribution is 9.11. The molecule has 0 aromatic carbocycles. The predicted octanol–water partition coefficient (Wildman–Crippen LogP) is 5.94. The summed E-state index contributed by atoms with van der Waals surface area (Å²) in [6.45, 7) is 7.54. The number of alkyl carbamates (subject to hydrolysis) is 1. The lowest BCUT2D eigenvalue weighted by atomic mass is 9.98. The average Bonchev–Trinajstić information content (AvgIpc) is 3.02. The molecule has 0 spiro atoms. The molecule has 2 aromatic rings. The van der Waals surface area contributed by atoms with Gasteiger partial charge < -0.3 is 15.4 Å².